The number of likely N-dealkylation sites (tertiary alicyclic amines) is 1. The van der Waals surface area contributed by atoms with Crippen LogP contribution in [0, 0.1) is 5.92 Å². The maximum Gasteiger partial charge on any atom is 0.315 e. The van der Waals surface area contributed by atoms with E-state index in [9.17, 15) is 13.6 Å². The zero-order valence-electron chi connectivity index (χ0n) is 7.88. The molecule has 5 heteroatoms. The molecule has 2 unspecified atom stereocenters. The average molecular weight is 204 g/mol. The fourth-order valence-corrected chi connectivity index (χ4v) is 2.36. The van der Waals surface area contributed by atoms with Crippen molar-refractivity contribution in [1.82, 2.24) is 10.2 Å². The Hall–Kier alpha value is -0.710. The van der Waals surface area contributed by atoms with Gasteiger partial charge in [-0.1, -0.05) is 0 Å². The first kappa shape index (κ1) is 9.83. The molecule has 0 saturated carbocycles. The normalized spacial score (nSPS) is 32.1. The molecule has 0 aromatic rings. The fourth-order valence-electron chi connectivity index (χ4n) is 2.36. The number of piperidine rings is 1. The molecule has 2 atom stereocenters. The van der Waals surface area contributed by atoms with E-state index in [1.165, 1.54) is 4.90 Å². The molecular weight excluding hydrogens is 190 g/mol. The van der Waals surface area contributed by atoms with Crippen LogP contribution in [0.4, 0.5) is 8.78 Å². The van der Waals surface area contributed by atoms with Gasteiger partial charge in [-0.2, -0.15) is 8.78 Å². The zero-order chi connectivity index (χ0) is 10.1. The van der Waals surface area contributed by atoms with Crippen LogP contribution in [0.25, 0.3) is 0 Å². The molecular formula is C9H14F2N2O. The molecule has 2 saturated heterocycles. The SMILES string of the molecule is O=C(C(F)F)N1CC2CCCNC2C1. The zero-order valence-corrected chi connectivity index (χ0v) is 7.88. The molecule has 3 nitrogen and oxygen atoms in total. The van der Waals surface area contributed by atoms with Crippen molar-refractivity contribution in [3.8, 4) is 0 Å². The van der Waals surface area contributed by atoms with Gasteiger partial charge in [0, 0.05) is 19.1 Å². The van der Waals surface area contributed by atoms with Gasteiger partial charge in [0.25, 0.3) is 5.91 Å². The first-order valence-electron chi connectivity index (χ1n) is 4.99. The Balaban J connectivity index is 1.95. The summed E-state index contributed by atoms with van der Waals surface area (Å²) in [5.74, 6) is -0.632. The lowest BCUT2D eigenvalue weighted by atomic mass is 9.94. The number of alkyl halides is 2. The van der Waals surface area contributed by atoms with Crippen LogP contribution in [0.2, 0.25) is 0 Å². The smallest absolute Gasteiger partial charge is 0.315 e. The van der Waals surface area contributed by atoms with E-state index in [1.807, 2.05) is 0 Å². The van der Waals surface area contributed by atoms with Crippen molar-refractivity contribution in [1.29, 1.82) is 0 Å². The van der Waals surface area contributed by atoms with E-state index in [4.69, 9.17) is 0 Å². The lowest BCUT2D eigenvalue weighted by Crippen LogP contribution is -2.41. The number of fused-ring (bicyclic) bond motifs is 1. The Labute approximate surface area is 81.4 Å². The summed E-state index contributed by atoms with van der Waals surface area (Å²) >= 11 is 0. The Kier molecular flexibility index (Phi) is 2.67. The van der Waals surface area contributed by atoms with Crippen LogP contribution < -0.4 is 5.32 Å². The number of hydrogen-bond acceptors (Lipinski definition) is 2. The van der Waals surface area contributed by atoms with Crippen LogP contribution in [0.1, 0.15) is 12.8 Å². The quantitative estimate of drug-likeness (QED) is 0.673. The number of nitrogens with zero attached hydrogens (tertiary/aromatic N) is 1. The summed E-state index contributed by atoms with van der Waals surface area (Å²) in [6, 6.07) is 0.242. The van der Waals surface area contributed by atoms with E-state index in [0.29, 0.717) is 19.0 Å². The number of amides is 1. The van der Waals surface area contributed by atoms with E-state index in [1.54, 1.807) is 0 Å². The molecule has 2 aliphatic rings. The first-order valence-corrected chi connectivity index (χ1v) is 4.99. The average Bonchev–Trinajstić information content (AvgIpc) is 2.59. The van der Waals surface area contributed by atoms with Gasteiger partial charge in [0.05, 0.1) is 0 Å². The van der Waals surface area contributed by atoms with Gasteiger partial charge in [-0.3, -0.25) is 4.79 Å². The summed E-state index contributed by atoms with van der Waals surface area (Å²) in [6.45, 7) is 1.90. The van der Waals surface area contributed by atoms with Crippen molar-refractivity contribution in [3.63, 3.8) is 0 Å². The molecule has 1 N–H and O–H groups in total. The van der Waals surface area contributed by atoms with Crippen LogP contribution in [-0.4, -0.2) is 42.9 Å². The summed E-state index contributed by atoms with van der Waals surface area (Å²) in [5.41, 5.74) is 0. The minimum absolute atomic E-state index is 0.242. The molecule has 0 aromatic heterocycles. The van der Waals surface area contributed by atoms with Crippen LogP contribution in [0.15, 0.2) is 0 Å². The molecule has 14 heavy (non-hydrogen) atoms. The minimum atomic E-state index is -2.85. The maximum atomic E-state index is 12.1. The second-order valence-electron chi connectivity index (χ2n) is 4.01. The van der Waals surface area contributed by atoms with E-state index < -0.39 is 12.3 Å². The molecule has 0 aromatic carbocycles. The van der Waals surface area contributed by atoms with E-state index in [2.05, 4.69) is 5.32 Å². The highest BCUT2D eigenvalue weighted by atomic mass is 19.3. The van der Waals surface area contributed by atoms with Crippen LogP contribution >= 0.6 is 0 Å². The third-order valence-electron chi connectivity index (χ3n) is 3.10. The predicted octanol–water partition coefficient (Wildman–Crippen LogP) is 0.462. The molecule has 80 valence electrons. The summed E-state index contributed by atoms with van der Waals surface area (Å²) in [5, 5.41) is 3.27. The van der Waals surface area contributed by atoms with E-state index in [0.717, 1.165) is 19.4 Å². The molecule has 2 rings (SSSR count). The lowest BCUT2D eigenvalue weighted by molar-refractivity contribution is -0.141. The summed E-state index contributed by atoms with van der Waals surface area (Å²) in [7, 11) is 0. The van der Waals surface area contributed by atoms with Crippen molar-refractivity contribution in [3.05, 3.63) is 0 Å². The highest BCUT2D eigenvalue weighted by Crippen LogP contribution is 2.25. The van der Waals surface area contributed by atoms with Gasteiger partial charge in [0.1, 0.15) is 0 Å². The van der Waals surface area contributed by atoms with Crippen molar-refractivity contribution >= 4 is 5.91 Å². The Morgan fingerprint density at radius 1 is 1.43 bits per heavy atom. The molecule has 0 bridgehead atoms. The Bertz CT molecular complexity index is 221. The Morgan fingerprint density at radius 2 is 2.21 bits per heavy atom. The Morgan fingerprint density at radius 3 is 2.86 bits per heavy atom. The van der Waals surface area contributed by atoms with E-state index >= 15 is 0 Å². The van der Waals surface area contributed by atoms with Gasteiger partial charge in [-0.05, 0) is 25.3 Å². The predicted molar refractivity (Wildman–Crippen MR) is 47.1 cm³/mol. The van der Waals surface area contributed by atoms with Crippen molar-refractivity contribution < 1.29 is 13.6 Å². The van der Waals surface area contributed by atoms with Gasteiger partial charge in [-0.25, -0.2) is 0 Å². The van der Waals surface area contributed by atoms with Crippen LogP contribution in [0.5, 0.6) is 0 Å². The number of carbonyl (C=O) groups excluding carboxylic acids is 1. The molecule has 2 aliphatic heterocycles. The van der Waals surface area contributed by atoms with Gasteiger partial charge >= 0.3 is 6.43 Å². The molecule has 0 radical (unpaired) electrons. The lowest BCUT2D eigenvalue weighted by Gasteiger charge is -2.24. The minimum Gasteiger partial charge on any atom is -0.336 e. The second-order valence-corrected chi connectivity index (χ2v) is 4.01. The van der Waals surface area contributed by atoms with Crippen molar-refractivity contribution in [2.45, 2.75) is 25.3 Å². The number of carbonyl (C=O) groups is 1. The van der Waals surface area contributed by atoms with Crippen LogP contribution in [0.3, 0.4) is 0 Å². The topological polar surface area (TPSA) is 32.3 Å². The van der Waals surface area contributed by atoms with Crippen molar-refractivity contribution in [2.75, 3.05) is 19.6 Å². The number of hydrogen-bond donors (Lipinski definition) is 1. The molecule has 2 heterocycles. The summed E-state index contributed by atoms with van der Waals surface area (Å²) in [6.07, 6.45) is -0.724. The van der Waals surface area contributed by atoms with Gasteiger partial charge < -0.3 is 10.2 Å². The highest BCUT2D eigenvalue weighted by Gasteiger charge is 2.38. The number of rotatable bonds is 1. The number of nitrogens with one attached hydrogen (secondary N) is 1. The standard InChI is InChI=1S/C9H14F2N2O/c10-8(11)9(14)13-4-6-2-1-3-12-7(6)5-13/h6-8,12H,1-5H2. The monoisotopic (exact) mass is 204 g/mol. The van der Waals surface area contributed by atoms with Gasteiger partial charge in [0.2, 0.25) is 0 Å². The molecule has 0 spiro atoms. The molecule has 2 fully saturated rings. The third-order valence-corrected chi connectivity index (χ3v) is 3.10. The van der Waals surface area contributed by atoms with Gasteiger partial charge in [0.15, 0.2) is 0 Å². The molecule has 1 amide bonds. The summed E-state index contributed by atoms with van der Waals surface area (Å²) in [4.78, 5) is 12.3. The largest absolute Gasteiger partial charge is 0.336 e. The third kappa shape index (κ3) is 1.73. The van der Waals surface area contributed by atoms with Crippen molar-refractivity contribution in [2.24, 2.45) is 5.92 Å². The van der Waals surface area contributed by atoms with Crippen LogP contribution in [-0.2, 0) is 4.79 Å². The second kappa shape index (κ2) is 3.81. The molecule has 0 aliphatic carbocycles. The number of halogens is 2. The first-order chi connectivity index (χ1) is 6.68. The highest BCUT2D eigenvalue weighted by molar-refractivity contribution is 5.79. The summed E-state index contributed by atoms with van der Waals surface area (Å²) < 4.78 is 24.3. The van der Waals surface area contributed by atoms with E-state index in [-0.39, 0.29) is 6.04 Å². The fraction of sp³-hybridized carbons (Fsp3) is 0.889. The maximum absolute atomic E-state index is 12.1. The van der Waals surface area contributed by atoms with Gasteiger partial charge in [-0.15, -0.1) is 0 Å².